The number of nitro groups is 1. The normalized spacial score (nSPS) is 48.9. The monoisotopic (exact) mass is 1310 g/mol. The number of Topliss-reactive ketones (excluding diaryl/α,β-unsaturated/α-hetero) is 1. The molecule has 0 radical (unpaired) electrons. The highest BCUT2D eigenvalue weighted by atomic mass is 16.7. The predicted molar refractivity (Wildman–Crippen MR) is 328 cm³/mol. The lowest BCUT2D eigenvalue weighted by atomic mass is 9.46. The summed E-state index contributed by atoms with van der Waals surface area (Å²) in [6.07, 6.45) is -2.67. The Morgan fingerprint density at radius 3 is 2.09 bits per heavy atom. The lowest BCUT2D eigenvalue weighted by Gasteiger charge is -2.57. The number of rotatable bonds is 14. The van der Waals surface area contributed by atoms with Crippen molar-refractivity contribution in [1.82, 2.24) is 5.32 Å². The van der Waals surface area contributed by atoms with E-state index in [2.05, 4.69) is 25.2 Å². The molecule has 7 fully saturated rings. The van der Waals surface area contributed by atoms with Crippen LogP contribution in [0.1, 0.15) is 154 Å². The summed E-state index contributed by atoms with van der Waals surface area (Å²) in [4.78, 5) is 81.3. The van der Waals surface area contributed by atoms with E-state index >= 15 is 4.79 Å². The lowest BCUT2D eigenvalue weighted by Crippen LogP contribution is -2.65. The zero-order chi connectivity index (χ0) is 67.5. The summed E-state index contributed by atoms with van der Waals surface area (Å²) in [5.41, 5.74) is -3.85. The molecular formula is C68H100N2O23. The minimum absolute atomic E-state index is 0.0683. The zero-order valence-corrected chi connectivity index (χ0v) is 55.9. The molecule has 25 heteroatoms. The fourth-order valence-electron chi connectivity index (χ4n) is 17.9. The van der Waals surface area contributed by atoms with Crippen molar-refractivity contribution in [1.29, 1.82) is 0 Å². The van der Waals surface area contributed by atoms with Gasteiger partial charge in [-0.15, -0.1) is 0 Å². The number of methoxy groups -OCH3 is 1. The fourth-order valence-corrected chi connectivity index (χ4v) is 17.9. The van der Waals surface area contributed by atoms with Gasteiger partial charge in [0.15, 0.2) is 42.6 Å². The smallest absolute Gasteiger partial charge is 0.407 e. The third-order valence-electron chi connectivity index (χ3n) is 22.7. The standard InChI is InChI=1S/C68H100N2O23/c1-31-14-18-50(89-56-29-66(11,70(80)81)61(39(9)87-56)69-65(79)82-13)33(3)23-46-48(74)24-41(30-71)28-68(46)63(77)57(64(78)93-68)62(76)67(12)45(31)16-15-43-44(32(2)22-34(4)58(43)67)25-42-26-52(60(38(8)83-42)88-40(10)72)91-53-21-19-51(36(6)85-53)90-55-27-49(75)59(37(7)86-55)92-54-20-17-47(73)35(5)84-54/h14-16,23-24,30,32,34-39,42-61,63,73-75,77H,17-22,25-29H2,1-13H3,(H,69,79)/b31-14+,33-23+/t32-,34-,35-,36-,37-,38-,39+,42-,43+,44?,45-,46+,47+,48-,49+,50-,51?,52+,53-,54-,55-,56-,57?,58?,59?,60-,61-,63?,66-,67+,68?/m0/s1. The number of aliphatic hydroxyl groups is 4. The first kappa shape index (κ1) is 71.2. The number of esters is 2. The van der Waals surface area contributed by atoms with Gasteiger partial charge in [0.1, 0.15) is 36.6 Å². The molecule has 6 aliphatic heterocycles. The van der Waals surface area contributed by atoms with Gasteiger partial charge in [-0.25, -0.2) is 4.79 Å². The van der Waals surface area contributed by atoms with Gasteiger partial charge in [0, 0.05) is 68.1 Å². The molecule has 93 heavy (non-hydrogen) atoms. The van der Waals surface area contributed by atoms with Crippen molar-refractivity contribution >= 4 is 30.1 Å². The molecule has 520 valence electrons. The van der Waals surface area contributed by atoms with Gasteiger partial charge in [0.2, 0.25) is 5.54 Å². The van der Waals surface area contributed by atoms with Crippen LogP contribution in [0.2, 0.25) is 0 Å². The molecule has 6 saturated heterocycles. The molecule has 5 N–H and O–H groups in total. The highest BCUT2D eigenvalue weighted by Gasteiger charge is 2.68. The molecule has 0 aromatic heterocycles. The Labute approximate surface area is 544 Å². The molecule has 6 heterocycles. The number of allylic oxidation sites excluding steroid dienone is 3. The summed E-state index contributed by atoms with van der Waals surface area (Å²) < 4.78 is 75.0. The van der Waals surface area contributed by atoms with Crippen LogP contribution in [0.5, 0.6) is 0 Å². The van der Waals surface area contributed by atoms with Crippen LogP contribution in [0.4, 0.5) is 4.79 Å². The van der Waals surface area contributed by atoms with E-state index in [1.165, 1.54) is 19.9 Å². The predicted octanol–water partition coefficient (Wildman–Crippen LogP) is 6.19. The highest BCUT2D eigenvalue weighted by molar-refractivity contribution is 6.05. The van der Waals surface area contributed by atoms with Crippen molar-refractivity contribution in [2.45, 2.75) is 288 Å². The molecule has 1 spiro atoms. The van der Waals surface area contributed by atoms with Crippen LogP contribution in [-0.4, -0.2) is 196 Å². The Balaban J connectivity index is 0.895. The summed E-state index contributed by atoms with van der Waals surface area (Å²) >= 11 is 0. The van der Waals surface area contributed by atoms with Gasteiger partial charge in [-0.2, -0.15) is 0 Å². The Morgan fingerprint density at radius 2 is 1.42 bits per heavy atom. The molecule has 31 atom stereocenters. The maximum atomic E-state index is 16.3. The Bertz CT molecular complexity index is 2870. The average Bonchev–Trinajstić information content (AvgIpc) is 1.68. The number of ketones is 1. The number of nitrogens with one attached hydrogen (secondary N) is 1. The molecule has 10 aliphatic rings. The van der Waals surface area contributed by atoms with Crippen molar-refractivity contribution in [3.63, 3.8) is 0 Å². The van der Waals surface area contributed by atoms with Crippen LogP contribution in [0.3, 0.4) is 0 Å². The van der Waals surface area contributed by atoms with Gasteiger partial charge in [0.25, 0.3) is 0 Å². The molecule has 1 saturated carbocycles. The molecule has 0 aromatic carbocycles. The van der Waals surface area contributed by atoms with Gasteiger partial charge in [-0.05, 0) is 127 Å². The first-order chi connectivity index (χ1) is 43.9. The maximum absolute atomic E-state index is 16.3. The highest BCUT2D eigenvalue weighted by Crippen LogP contribution is 2.61. The Morgan fingerprint density at radius 1 is 0.753 bits per heavy atom. The minimum Gasteiger partial charge on any atom is -0.457 e. The van der Waals surface area contributed by atoms with Crippen LogP contribution in [0, 0.1) is 62.9 Å². The second-order valence-electron chi connectivity index (χ2n) is 29.0. The fraction of sp³-hybridized carbons (Fsp3) is 0.809. The zero-order valence-electron chi connectivity index (χ0n) is 55.9. The second-order valence-corrected chi connectivity index (χ2v) is 29.0. The van der Waals surface area contributed by atoms with Crippen LogP contribution >= 0.6 is 0 Å². The van der Waals surface area contributed by atoms with Crippen molar-refractivity contribution < 1.29 is 106 Å². The summed E-state index contributed by atoms with van der Waals surface area (Å²) in [6, 6.07) is -1.11. The number of carbonyl (C=O) groups excluding carboxylic acids is 5. The third-order valence-corrected chi connectivity index (χ3v) is 22.7. The quantitative estimate of drug-likeness (QED) is 0.0246. The molecule has 0 aromatic rings. The summed E-state index contributed by atoms with van der Waals surface area (Å²) in [7, 11) is 1.15. The summed E-state index contributed by atoms with van der Waals surface area (Å²) in [5.74, 6) is -6.36. The minimum atomic E-state index is -1.99. The number of fused-ring (bicyclic) bond motifs is 4. The van der Waals surface area contributed by atoms with E-state index in [4.69, 9.17) is 56.8 Å². The van der Waals surface area contributed by atoms with E-state index < -0.39 is 192 Å². The molecule has 25 nitrogen and oxygen atoms in total. The average molecular weight is 1310 g/mol. The van der Waals surface area contributed by atoms with Gasteiger partial charge in [0.05, 0.1) is 80.7 Å². The Kier molecular flexibility index (Phi) is 21.8. The SMILES string of the molecule is COC(=O)N[C@H]1[C@@H](C)O[C@@H](O[C@H]2C/C=C(\C)[C@@H]3C=C[C@@H]4C(C[C@H]5C[C@@H](O[C@H]6CCC(O[C@H]7C[C@@H](O)C(O[C@H]8CC[C@@H](O)[C@H](C)O8)[C@H](C)O7)[C@H](C)O6)[C@@H](OC(C)=O)[C@H](C)O5)[C@@H](C)C[C@H](C)C4[C@]3(C)C(=O)C3C(=O)OC4(CC(C=O)=C[C@H](O)[C@H]4/C=C/2C)C3O)C[C@]1(C)[N+](=O)[O-]. The number of carbonyl (C=O) groups is 5. The van der Waals surface area contributed by atoms with E-state index in [0.29, 0.717) is 56.8 Å². The first-order valence-electron chi connectivity index (χ1n) is 33.6. The Hall–Kier alpha value is -4.61. The van der Waals surface area contributed by atoms with E-state index in [0.717, 1.165) is 12.7 Å². The topological polar surface area (TPSA) is 332 Å². The van der Waals surface area contributed by atoms with E-state index in [9.17, 15) is 49.7 Å². The number of nitrogens with zero attached hydrogens (tertiary/aromatic N) is 1. The number of aliphatic hydroxyl groups excluding tert-OH is 4. The molecule has 10 rings (SSSR count). The van der Waals surface area contributed by atoms with E-state index in [1.807, 2.05) is 46.8 Å². The number of hydrogen-bond acceptors (Lipinski definition) is 23. The largest absolute Gasteiger partial charge is 0.457 e. The van der Waals surface area contributed by atoms with Crippen molar-refractivity contribution in [3.05, 3.63) is 57.2 Å². The van der Waals surface area contributed by atoms with Gasteiger partial charge >= 0.3 is 18.0 Å². The van der Waals surface area contributed by atoms with Crippen LogP contribution in [-0.2, 0) is 76.0 Å². The molecular weight excluding hydrogens is 1210 g/mol. The van der Waals surface area contributed by atoms with Crippen LogP contribution < -0.4 is 5.32 Å². The van der Waals surface area contributed by atoms with Gasteiger partial charge in [-0.1, -0.05) is 50.6 Å². The van der Waals surface area contributed by atoms with Gasteiger partial charge in [-0.3, -0.25) is 29.3 Å². The number of hydrogen-bond donors (Lipinski definition) is 5. The molecule has 7 unspecified atom stereocenters. The van der Waals surface area contributed by atoms with E-state index in [-0.39, 0.29) is 54.9 Å². The lowest BCUT2D eigenvalue weighted by molar-refractivity contribution is -0.584. The van der Waals surface area contributed by atoms with Crippen molar-refractivity contribution in [3.8, 4) is 0 Å². The molecule has 4 aliphatic carbocycles. The number of aldehydes is 1. The van der Waals surface area contributed by atoms with Crippen molar-refractivity contribution in [2.75, 3.05) is 7.11 Å². The van der Waals surface area contributed by atoms with E-state index in [1.54, 1.807) is 26.8 Å². The third kappa shape index (κ3) is 14.1. The van der Waals surface area contributed by atoms with Gasteiger partial charge < -0.3 is 82.6 Å². The number of amides is 1. The second kappa shape index (κ2) is 28.5. The number of ether oxygens (including phenoxy) is 12. The summed E-state index contributed by atoms with van der Waals surface area (Å²) in [6.45, 7) is 21.5. The van der Waals surface area contributed by atoms with Crippen LogP contribution in [0.15, 0.2) is 47.1 Å². The molecule has 2 bridgehead atoms. The van der Waals surface area contributed by atoms with Crippen molar-refractivity contribution in [2.24, 2.45) is 52.8 Å². The first-order valence-corrected chi connectivity index (χ1v) is 33.6. The number of alkyl carbamates (subject to hydrolysis) is 1. The maximum Gasteiger partial charge on any atom is 0.407 e. The van der Waals surface area contributed by atoms with Crippen LogP contribution in [0.25, 0.3) is 0 Å². The molecule has 1 amide bonds. The summed E-state index contributed by atoms with van der Waals surface area (Å²) in [5, 5.41) is 61.7.